The first-order valence-corrected chi connectivity index (χ1v) is 7.63. The fourth-order valence-corrected chi connectivity index (χ4v) is 3.69. The Balaban J connectivity index is 2.19. The molecule has 1 aromatic carbocycles. The highest BCUT2D eigenvalue weighted by atomic mass is 32.2. The van der Waals surface area contributed by atoms with E-state index in [1.54, 1.807) is 0 Å². The fraction of sp³-hybridized carbons (Fsp3) is 0.500. The van der Waals surface area contributed by atoms with Gasteiger partial charge in [0.2, 0.25) is 10.0 Å². The maximum Gasteiger partial charge on any atom is 0.270 e. The Morgan fingerprint density at radius 1 is 1.37 bits per heavy atom. The number of benzene rings is 1. The molecule has 0 heterocycles. The number of nitrogens with zero attached hydrogens (tertiary/aromatic N) is 1. The number of hydrogen-bond acceptors (Lipinski definition) is 4. The molecule has 104 valence electrons. The molecule has 1 aliphatic rings. The van der Waals surface area contributed by atoms with Crippen molar-refractivity contribution in [2.24, 2.45) is 5.92 Å². The lowest BCUT2D eigenvalue weighted by Gasteiger charge is -2.12. The summed E-state index contributed by atoms with van der Waals surface area (Å²) in [7, 11) is -3.68. The number of nitro groups is 1. The van der Waals surface area contributed by atoms with Gasteiger partial charge in [0, 0.05) is 18.2 Å². The Kier molecular flexibility index (Phi) is 3.86. The molecule has 0 spiro atoms. The lowest BCUT2D eigenvalue weighted by molar-refractivity contribution is -0.385. The standard InChI is InChI=1S/C12H16N2O4S/c1-9-5-6-10(7-9)13-19(17,18)12-4-2-3-11(8-12)14(15)16/h2-4,8-10,13H,5-7H2,1H3. The van der Waals surface area contributed by atoms with Gasteiger partial charge in [-0.15, -0.1) is 0 Å². The Labute approximate surface area is 112 Å². The van der Waals surface area contributed by atoms with E-state index < -0.39 is 14.9 Å². The molecule has 0 bridgehead atoms. The SMILES string of the molecule is CC1CCC(NS(=O)(=O)c2cccc([N+](=O)[O-])c2)C1. The number of rotatable bonds is 4. The van der Waals surface area contributed by atoms with Gasteiger partial charge in [-0.1, -0.05) is 13.0 Å². The van der Waals surface area contributed by atoms with Crippen LogP contribution >= 0.6 is 0 Å². The van der Waals surface area contributed by atoms with Gasteiger partial charge in [0.15, 0.2) is 0 Å². The molecule has 2 rings (SSSR count). The van der Waals surface area contributed by atoms with Crippen LogP contribution in [0.2, 0.25) is 0 Å². The number of nitrogens with one attached hydrogen (secondary N) is 1. The minimum atomic E-state index is -3.68. The summed E-state index contributed by atoms with van der Waals surface area (Å²) >= 11 is 0. The minimum absolute atomic E-state index is 0.0544. The smallest absolute Gasteiger partial charge is 0.258 e. The van der Waals surface area contributed by atoms with E-state index in [9.17, 15) is 18.5 Å². The molecule has 1 saturated carbocycles. The summed E-state index contributed by atoms with van der Waals surface area (Å²) in [6.07, 6.45) is 2.63. The van der Waals surface area contributed by atoms with E-state index in [-0.39, 0.29) is 16.6 Å². The minimum Gasteiger partial charge on any atom is -0.258 e. The molecule has 6 nitrogen and oxygen atoms in total. The van der Waals surface area contributed by atoms with E-state index in [4.69, 9.17) is 0 Å². The van der Waals surface area contributed by atoms with E-state index in [0.717, 1.165) is 25.3 Å². The van der Waals surface area contributed by atoms with Crippen molar-refractivity contribution in [1.82, 2.24) is 4.72 Å². The summed E-state index contributed by atoms with van der Waals surface area (Å²) in [5.74, 6) is 0.512. The zero-order valence-electron chi connectivity index (χ0n) is 10.6. The van der Waals surface area contributed by atoms with Crippen LogP contribution < -0.4 is 4.72 Å². The summed E-state index contributed by atoms with van der Waals surface area (Å²) in [4.78, 5) is 10.0. The Hall–Kier alpha value is -1.47. The molecule has 0 saturated heterocycles. The average molecular weight is 284 g/mol. The summed E-state index contributed by atoms with van der Waals surface area (Å²) in [5, 5.41) is 10.7. The van der Waals surface area contributed by atoms with Crippen LogP contribution in [0.1, 0.15) is 26.2 Å². The van der Waals surface area contributed by atoms with Crippen LogP contribution in [0, 0.1) is 16.0 Å². The molecule has 1 aliphatic carbocycles. The normalized spacial score (nSPS) is 23.4. The van der Waals surface area contributed by atoms with Crippen LogP contribution in [0.25, 0.3) is 0 Å². The van der Waals surface area contributed by atoms with Crippen LogP contribution in [-0.2, 0) is 10.0 Å². The highest BCUT2D eigenvalue weighted by Crippen LogP contribution is 2.26. The first-order chi connectivity index (χ1) is 8.88. The van der Waals surface area contributed by atoms with Crippen LogP contribution in [0.15, 0.2) is 29.2 Å². The van der Waals surface area contributed by atoms with Crippen LogP contribution in [0.3, 0.4) is 0 Å². The molecule has 7 heteroatoms. The third-order valence-corrected chi connectivity index (χ3v) is 4.87. The topological polar surface area (TPSA) is 89.3 Å². The maximum absolute atomic E-state index is 12.1. The van der Waals surface area contributed by atoms with Crippen molar-refractivity contribution in [3.05, 3.63) is 34.4 Å². The van der Waals surface area contributed by atoms with E-state index >= 15 is 0 Å². The zero-order chi connectivity index (χ0) is 14.0. The van der Waals surface area contributed by atoms with Crippen molar-refractivity contribution in [2.75, 3.05) is 0 Å². The molecule has 1 aromatic rings. The first-order valence-electron chi connectivity index (χ1n) is 6.15. The third-order valence-electron chi connectivity index (χ3n) is 3.36. The second-order valence-electron chi connectivity index (χ2n) is 4.99. The van der Waals surface area contributed by atoms with Crippen molar-refractivity contribution < 1.29 is 13.3 Å². The van der Waals surface area contributed by atoms with E-state index in [1.807, 2.05) is 0 Å². The van der Waals surface area contributed by atoms with E-state index in [0.29, 0.717) is 5.92 Å². The van der Waals surface area contributed by atoms with Crippen molar-refractivity contribution in [2.45, 2.75) is 37.1 Å². The lowest BCUT2D eigenvalue weighted by Crippen LogP contribution is -2.32. The maximum atomic E-state index is 12.1. The van der Waals surface area contributed by atoms with Gasteiger partial charge in [-0.05, 0) is 31.2 Å². The van der Waals surface area contributed by atoms with E-state index in [1.165, 1.54) is 18.2 Å². The molecule has 1 fully saturated rings. The quantitative estimate of drug-likeness (QED) is 0.677. The predicted molar refractivity (Wildman–Crippen MR) is 70.2 cm³/mol. The lowest BCUT2D eigenvalue weighted by atomic mass is 10.1. The van der Waals surface area contributed by atoms with Gasteiger partial charge in [0.05, 0.1) is 9.82 Å². The largest absolute Gasteiger partial charge is 0.270 e. The monoisotopic (exact) mass is 284 g/mol. The molecule has 19 heavy (non-hydrogen) atoms. The van der Waals surface area contributed by atoms with Crippen molar-refractivity contribution >= 4 is 15.7 Å². The Morgan fingerprint density at radius 3 is 2.68 bits per heavy atom. The molecule has 2 unspecified atom stereocenters. The van der Waals surface area contributed by atoms with Crippen molar-refractivity contribution in [1.29, 1.82) is 0 Å². The first kappa shape index (κ1) is 14.0. The zero-order valence-corrected chi connectivity index (χ0v) is 11.4. The highest BCUT2D eigenvalue weighted by molar-refractivity contribution is 7.89. The molecule has 1 N–H and O–H groups in total. The molecule has 0 aromatic heterocycles. The molecular weight excluding hydrogens is 268 g/mol. The molecular formula is C12H16N2O4S. The highest BCUT2D eigenvalue weighted by Gasteiger charge is 2.27. The fourth-order valence-electron chi connectivity index (χ4n) is 2.37. The average Bonchev–Trinajstić information content (AvgIpc) is 2.74. The number of nitro benzene ring substituents is 1. The summed E-state index contributed by atoms with van der Waals surface area (Å²) in [5.41, 5.74) is -0.220. The third kappa shape index (κ3) is 3.30. The number of hydrogen-bond donors (Lipinski definition) is 1. The molecule has 2 atom stereocenters. The van der Waals surface area contributed by atoms with Gasteiger partial charge >= 0.3 is 0 Å². The summed E-state index contributed by atoms with van der Waals surface area (Å²) in [6.45, 7) is 2.08. The van der Waals surface area contributed by atoms with Gasteiger partial charge in [-0.3, -0.25) is 10.1 Å². The van der Waals surface area contributed by atoms with Gasteiger partial charge in [0.25, 0.3) is 5.69 Å². The van der Waals surface area contributed by atoms with Crippen LogP contribution in [0.4, 0.5) is 5.69 Å². The van der Waals surface area contributed by atoms with Gasteiger partial charge in [-0.25, -0.2) is 13.1 Å². The van der Waals surface area contributed by atoms with Crippen LogP contribution in [0.5, 0.6) is 0 Å². The van der Waals surface area contributed by atoms with Crippen LogP contribution in [-0.4, -0.2) is 19.4 Å². The van der Waals surface area contributed by atoms with Crippen molar-refractivity contribution in [3.63, 3.8) is 0 Å². The number of sulfonamides is 1. The number of non-ortho nitro benzene ring substituents is 1. The Morgan fingerprint density at radius 2 is 2.11 bits per heavy atom. The van der Waals surface area contributed by atoms with Gasteiger partial charge in [0.1, 0.15) is 0 Å². The van der Waals surface area contributed by atoms with Gasteiger partial charge < -0.3 is 0 Å². The molecule has 0 radical (unpaired) electrons. The molecule has 0 aliphatic heterocycles. The summed E-state index contributed by atoms with van der Waals surface area (Å²) < 4.78 is 26.9. The molecule has 0 amide bonds. The predicted octanol–water partition coefficient (Wildman–Crippen LogP) is 2.06. The Bertz CT molecular complexity index is 585. The van der Waals surface area contributed by atoms with Crippen molar-refractivity contribution in [3.8, 4) is 0 Å². The summed E-state index contributed by atoms with van der Waals surface area (Å²) in [6, 6.07) is 5.04. The second-order valence-corrected chi connectivity index (χ2v) is 6.70. The second kappa shape index (κ2) is 5.26. The van der Waals surface area contributed by atoms with E-state index in [2.05, 4.69) is 11.6 Å². The van der Waals surface area contributed by atoms with Gasteiger partial charge in [-0.2, -0.15) is 0 Å².